The molecule has 0 radical (unpaired) electrons. The maximum atomic E-state index is 12.4. The van der Waals surface area contributed by atoms with Gasteiger partial charge in [0.25, 0.3) is 0 Å². The number of ether oxygens (including phenoxy) is 2. The molecule has 2 aliphatic heterocycles. The first-order valence-electron chi connectivity index (χ1n) is 7.55. The molecule has 1 unspecified atom stereocenters. The SMILES string of the molecule is C/C=C1/C(=O)OC(C)(C)[C@H]2Oc3ccc4ccc(=O)oc4c3C12. The van der Waals surface area contributed by atoms with Crippen LogP contribution in [0.5, 0.6) is 5.75 Å². The van der Waals surface area contributed by atoms with Crippen LogP contribution in [0, 0.1) is 0 Å². The van der Waals surface area contributed by atoms with E-state index in [1.54, 1.807) is 19.1 Å². The molecule has 5 nitrogen and oxygen atoms in total. The molecule has 1 fully saturated rings. The van der Waals surface area contributed by atoms with Gasteiger partial charge in [-0.05, 0) is 39.0 Å². The Morgan fingerprint density at radius 1 is 1.13 bits per heavy atom. The van der Waals surface area contributed by atoms with E-state index in [1.807, 2.05) is 26.0 Å². The van der Waals surface area contributed by atoms with Gasteiger partial charge in [0, 0.05) is 22.6 Å². The van der Waals surface area contributed by atoms with Gasteiger partial charge in [-0.25, -0.2) is 9.59 Å². The van der Waals surface area contributed by atoms with E-state index in [0.717, 1.165) is 10.9 Å². The quantitative estimate of drug-likeness (QED) is 0.425. The van der Waals surface area contributed by atoms with Gasteiger partial charge in [0.05, 0.1) is 5.92 Å². The van der Waals surface area contributed by atoms with Crippen LogP contribution in [0.1, 0.15) is 32.3 Å². The van der Waals surface area contributed by atoms with E-state index < -0.39 is 11.2 Å². The van der Waals surface area contributed by atoms with E-state index >= 15 is 0 Å². The van der Waals surface area contributed by atoms with E-state index in [2.05, 4.69) is 0 Å². The van der Waals surface area contributed by atoms with Crippen LogP contribution in [0.4, 0.5) is 0 Å². The van der Waals surface area contributed by atoms with Crippen molar-refractivity contribution in [2.75, 3.05) is 0 Å². The number of esters is 1. The Hall–Kier alpha value is -2.56. The zero-order valence-electron chi connectivity index (χ0n) is 13.1. The molecule has 118 valence electrons. The standard InChI is InChI=1S/C18H16O5/c1-4-10-13-14-11(21-16(13)18(2,3)23-17(10)20)7-5-9-6-8-12(19)22-15(9)14/h4-8,13,16H,1-3H3/b10-4+/t13?,16-/m0/s1. The molecule has 0 spiro atoms. The van der Waals surface area contributed by atoms with Crippen molar-refractivity contribution in [3.63, 3.8) is 0 Å². The molecule has 3 heterocycles. The molecule has 2 aromatic rings. The lowest BCUT2D eigenvalue weighted by molar-refractivity contribution is -0.168. The first kappa shape index (κ1) is 14.1. The summed E-state index contributed by atoms with van der Waals surface area (Å²) in [4.78, 5) is 24.0. The van der Waals surface area contributed by atoms with Crippen molar-refractivity contribution in [1.29, 1.82) is 0 Å². The van der Waals surface area contributed by atoms with Crippen LogP contribution < -0.4 is 10.4 Å². The van der Waals surface area contributed by atoms with Gasteiger partial charge in [0.15, 0.2) is 0 Å². The van der Waals surface area contributed by atoms with Crippen LogP contribution in [0.3, 0.4) is 0 Å². The summed E-state index contributed by atoms with van der Waals surface area (Å²) in [6.45, 7) is 5.46. The van der Waals surface area contributed by atoms with Gasteiger partial charge in [0.1, 0.15) is 23.0 Å². The number of benzene rings is 1. The average molecular weight is 312 g/mol. The Labute approximate surface area is 132 Å². The van der Waals surface area contributed by atoms with Gasteiger partial charge < -0.3 is 13.9 Å². The van der Waals surface area contributed by atoms with Crippen LogP contribution in [-0.4, -0.2) is 17.7 Å². The Kier molecular flexibility index (Phi) is 2.73. The average Bonchev–Trinajstić information content (AvgIpc) is 2.88. The number of hydrogen-bond donors (Lipinski definition) is 0. The largest absolute Gasteiger partial charge is 0.485 e. The number of carbonyl (C=O) groups is 1. The van der Waals surface area contributed by atoms with Crippen LogP contribution >= 0.6 is 0 Å². The second-order valence-corrected chi connectivity index (χ2v) is 6.40. The highest BCUT2D eigenvalue weighted by atomic mass is 16.6. The highest BCUT2D eigenvalue weighted by Crippen LogP contribution is 2.52. The normalized spacial score (nSPS) is 26.6. The van der Waals surface area contributed by atoms with E-state index in [9.17, 15) is 9.59 Å². The lowest BCUT2D eigenvalue weighted by Gasteiger charge is -2.39. The maximum absolute atomic E-state index is 12.4. The molecule has 2 atom stereocenters. The maximum Gasteiger partial charge on any atom is 0.336 e. The van der Waals surface area contributed by atoms with Crippen LogP contribution in [0.15, 0.2) is 45.1 Å². The summed E-state index contributed by atoms with van der Waals surface area (Å²) in [5.41, 5.74) is 0.575. The third-order valence-corrected chi connectivity index (χ3v) is 4.58. The van der Waals surface area contributed by atoms with Crippen molar-refractivity contribution < 1.29 is 18.7 Å². The monoisotopic (exact) mass is 312 g/mol. The summed E-state index contributed by atoms with van der Waals surface area (Å²) in [5.74, 6) is -0.0291. The molecule has 1 saturated heterocycles. The van der Waals surface area contributed by atoms with E-state index in [1.165, 1.54) is 6.07 Å². The van der Waals surface area contributed by atoms with Gasteiger partial charge >= 0.3 is 11.6 Å². The summed E-state index contributed by atoms with van der Waals surface area (Å²) >= 11 is 0. The third kappa shape index (κ3) is 1.86. The van der Waals surface area contributed by atoms with Crippen LogP contribution in [0.2, 0.25) is 0 Å². The molecule has 2 aliphatic rings. The van der Waals surface area contributed by atoms with Gasteiger partial charge in [-0.1, -0.05) is 6.08 Å². The smallest absolute Gasteiger partial charge is 0.336 e. The molecule has 4 rings (SSSR count). The first-order valence-corrected chi connectivity index (χ1v) is 7.55. The van der Waals surface area contributed by atoms with Crippen molar-refractivity contribution >= 4 is 16.9 Å². The Morgan fingerprint density at radius 2 is 1.87 bits per heavy atom. The predicted molar refractivity (Wildman–Crippen MR) is 83.6 cm³/mol. The number of rotatable bonds is 0. The van der Waals surface area contributed by atoms with Gasteiger partial charge in [-0.3, -0.25) is 0 Å². The topological polar surface area (TPSA) is 65.7 Å². The van der Waals surface area contributed by atoms with Crippen LogP contribution in [0.25, 0.3) is 11.0 Å². The molecule has 23 heavy (non-hydrogen) atoms. The van der Waals surface area contributed by atoms with E-state index in [0.29, 0.717) is 16.9 Å². The first-order chi connectivity index (χ1) is 10.9. The van der Waals surface area contributed by atoms with Gasteiger partial charge in [-0.2, -0.15) is 0 Å². The molecule has 0 amide bonds. The van der Waals surface area contributed by atoms with Crippen molar-refractivity contribution in [2.24, 2.45) is 0 Å². The minimum absolute atomic E-state index is 0.305. The van der Waals surface area contributed by atoms with E-state index in [-0.39, 0.29) is 18.0 Å². The Bertz CT molecular complexity index is 919. The van der Waals surface area contributed by atoms with Crippen molar-refractivity contribution in [2.45, 2.75) is 38.4 Å². The lowest BCUT2D eigenvalue weighted by Crippen LogP contribution is -2.51. The molecule has 0 N–H and O–H groups in total. The third-order valence-electron chi connectivity index (χ3n) is 4.58. The fraction of sp³-hybridized carbons (Fsp3) is 0.333. The highest BCUT2D eigenvalue weighted by Gasteiger charge is 2.54. The summed E-state index contributed by atoms with van der Waals surface area (Å²) in [5, 5.41) is 0.805. The molecular weight excluding hydrogens is 296 g/mol. The van der Waals surface area contributed by atoms with Crippen molar-refractivity contribution in [1.82, 2.24) is 0 Å². The lowest BCUT2D eigenvalue weighted by atomic mass is 9.78. The number of cyclic esters (lactones) is 1. The zero-order valence-corrected chi connectivity index (χ0v) is 13.1. The molecule has 1 aromatic heterocycles. The van der Waals surface area contributed by atoms with Crippen molar-refractivity contribution in [3.8, 4) is 5.75 Å². The summed E-state index contributed by atoms with van der Waals surface area (Å²) in [7, 11) is 0. The van der Waals surface area contributed by atoms with Gasteiger partial charge in [0.2, 0.25) is 0 Å². The van der Waals surface area contributed by atoms with Gasteiger partial charge in [-0.15, -0.1) is 0 Å². The van der Waals surface area contributed by atoms with Crippen molar-refractivity contribution in [3.05, 3.63) is 51.9 Å². The number of carbonyl (C=O) groups excluding carboxylic acids is 1. The summed E-state index contributed by atoms with van der Waals surface area (Å²) in [6.07, 6.45) is 1.39. The van der Waals surface area contributed by atoms with E-state index in [4.69, 9.17) is 13.9 Å². The highest BCUT2D eigenvalue weighted by molar-refractivity contribution is 5.95. The Morgan fingerprint density at radius 3 is 2.61 bits per heavy atom. The zero-order chi connectivity index (χ0) is 16.4. The number of allylic oxidation sites excluding steroid dienone is 1. The molecular formula is C18H16O5. The second kappa shape index (κ2) is 4.47. The molecule has 5 heteroatoms. The number of hydrogen-bond acceptors (Lipinski definition) is 5. The predicted octanol–water partition coefficient (Wildman–Crippen LogP) is 2.92. The minimum atomic E-state index is -0.769. The fourth-order valence-electron chi connectivity index (χ4n) is 3.53. The Balaban J connectivity index is 2.04. The minimum Gasteiger partial charge on any atom is -0.485 e. The molecule has 1 aromatic carbocycles. The second-order valence-electron chi connectivity index (χ2n) is 6.40. The van der Waals surface area contributed by atoms with Crippen LogP contribution in [-0.2, 0) is 9.53 Å². The summed E-state index contributed by atoms with van der Waals surface area (Å²) < 4.78 is 17.0. The number of fused-ring (bicyclic) bond motifs is 5. The fourth-order valence-corrected chi connectivity index (χ4v) is 3.53. The molecule has 0 aliphatic carbocycles. The molecule has 0 saturated carbocycles. The summed E-state index contributed by atoms with van der Waals surface area (Å²) in [6, 6.07) is 6.80. The molecule has 0 bridgehead atoms.